The number of nitrogens with one attached hydrogen (secondary N) is 2. The fraction of sp³-hybridized carbons (Fsp3) is 0.833. The standard InChI is InChI=1S/C12H22N2O3S/c1-8(11(15)16)5-6-13-12(17)14-9-3-4-10(7-9)18-2/h8-10H,3-7H2,1-2H3,(H,15,16)(H2,13,14,17). The Balaban J connectivity index is 2.13. The molecule has 0 aliphatic heterocycles. The van der Waals surface area contributed by atoms with Crippen molar-refractivity contribution in [2.45, 2.75) is 43.9 Å². The molecule has 0 aromatic heterocycles. The van der Waals surface area contributed by atoms with Gasteiger partial charge >= 0.3 is 12.0 Å². The highest BCUT2D eigenvalue weighted by Crippen LogP contribution is 2.27. The molecule has 0 bridgehead atoms. The lowest BCUT2D eigenvalue weighted by molar-refractivity contribution is -0.141. The van der Waals surface area contributed by atoms with Gasteiger partial charge in [-0.3, -0.25) is 4.79 Å². The van der Waals surface area contributed by atoms with Gasteiger partial charge in [0.15, 0.2) is 0 Å². The summed E-state index contributed by atoms with van der Waals surface area (Å²) < 4.78 is 0. The number of rotatable bonds is 6. The van der Waals surface area contributed by atoms with E-state index in [9.17, 15) is 9.59 Å². The predicted molar refractivity (Wildman–Crippen MR) is 72.9 cm³/mol. The normalized spacial score (nSPS) is 24.6. The number of thioether (sulfide) groups is 1. The van der Waals surface area contributed by atoms with E-state index < -0.39 is 11.9 Å². The van der Waals surface area contributed by atoms with Crippen molar-refractivity contribution in [3.8, 4) is 0 Å². The van der Waals surface area contributed by atoms with Crippen molar-refractivity contribution >= 4 is 23.8 Å². The molecule has 1 rings (SSSR count). The maximum absolute atomic E-state index is 11.6. The summed E-state index contributed by atoms with van der Waals surface area (Å²) in [5.74, 6) is -1.24. The Hall–Kier alpha value is -0.910. The van der Waals surface area contributed by atoms with Crippen molar-refractivity contribution in [3.63, 3.8) is 0 Å². The van der Waals surface area contributed by atoms with Crippen LogP contribution < -0.4 is 10.6 Å². The van der Waals surface area contributed by atoms with Gasteiger partial charge in [-0.25, -0.2) is 4.79 Å². The first-order chi connectivity index (χ1) is 8.52. The first kappa shape index (κ1) is 15.1. The molecule has 1 aliphatic rings. The minimum Gasteiger partial charge on any atom is -0.481 e. The fourth-order valence-electron chi connectivity index (χ4n) is 2.05. The van der Waals surface area contributed by atoms with Gasteiger partial charge in [-0.15, -0.1) is 0 Å². The van der Waals surface area contributed by atoms with Crippen LogP contribution in [0.2, 0.25) is 0 Å². The van der Waals surface area contributed by atoms with E-state index in [-0.39, 0.29) is 12.1 Å². The smallest absolute Gasteiger partial charge is 0.315 e. The maximum Gasteiger partial charge on any atom is 0.315 e. The van der Waals surface area contributed by atoms with Gasteiger partial charge in [0, 0.05) is 17.8 Å². The number of urea groups is 1. The molecule has 5 nitrogen and oxygen atoms in total. The van der Waals surface area contributed by atoms with Crippen molar-refractivity contribution in [2.75, 3.05) is 12.8 Å². The summed E-state index contributed by atoms with van der Waals surface area (Å²) in [7, 11) is 0. The summed E-state index contributed by atoms with van der Waals surface area (Å²) in [6, 6.07) is 0.0821. The van der Waals surface area contributed by atoms with E-state index in [1.807, 2.05) is 11.8 Å². The Bertz CT molecular complexity index is 299. The Morgan fingerprint density at radius 1 is 1.44 bits per heavy atom. The van der Waals surface area contributed by atoms with Crippen LogP contribution in [0.15, 0.2) is 0 Å². The number of amides is 2. The second-order valence-corrected chi connectivity index (χ2v) is 5.93. The van der Waals surface area contributed by atoms with E-state index in [0.717, 1.165) is 19.3 Å². The van der Waals surface area contributed by atoms with E-state index >= 15 is 0 Å². The van der Waals surface area contributed by atoms with Crippen LogP contribution in [-0.2, 0) is 4.79 Å². The van der Waals surface area contributed by atoms with E-state index in [1.54, 1.807) is 6.92 Å². The summed E-state index contributed by atoms with van der Waals surface area (Å²) in [5.41, 5.74) is 0. The zero-order chi connectivity index (χ0) is 13.5. The van der Waals surface area contributed by atoms with Gasteiger partial charge < -0.3 is 15.7 Å². The average Bonchev–Trinajstić information content (AvgIpc) is 2.76. The molecule has 2 amide bonds. The van der Waals surface area contributed by atoms with E-state index in [2.05, 4.69) is 16.9 Å². The topological polar surface area (TPSA) is 78.4 Å². The first-order valence-corrected chi connectivity index (χ1v) is 7.61. The molecule has 1 saturated carbocycles. The number of hydrogen-bond donors (Lipinski definition) is 3. The number of carbonyl (C=O) groups is 2. The van der Waals surface area contributed by atoms with Gasteiger partial charge in [0.25, 0.3) is 0 Å². The summed E-state index contributed by atoms with van der Waals surface area (Å²) >= 11 is 1.85. The van der Waals surface area contributed by atoms with Crippen LogP contribution in [0.5, 0.6) is 0 Å². The molecule has 1 fully saturated rings. The molecule has 3 atom stereocenters. The highest BCUT2D eigenvalue weighted by atomic mass is 32.2. The van der Waals surface area contributed by atoms with Crippen molar-refractivity contribution in [2.24, 2.45) is 5.92 Å². The van der Waals surface area contributed by atoms with Gasteiger partial charge in [-0.05, 0) is 31.9 Å². The zero-order valence-electron chi connectivity index (χ0n) is 10.9. The first-order valence-electron chi connectivity index (χ1n) is 6.33. The summed E-state index contributed by atoms with van der Waals surface area (Å²) in [4.78, 5) is 22.2. The van der Waals surface area contributed by atoms with Gasteiger partial charge in [0.2, 0.25) is 0 Å². The fourth-order valence-corrected chi connectivity index (χ4v) is 2.84. The van der Waals surface area contributed by atoms with Crippen LogP contribution in [0.25, 0.3) is 0 Å². The third-order valence-corrected chi connectivity index (χ3v) is 4.43. The summed E-state index contributed by atoms with van der Waals surface area (Å²) in [6.07, 6.45) is 5.77. The molecule has 0 saturated heterocycles. The van der Waals surface area contributed by atoms with Crippen LogP contribution in [-0.4, -0.2) is 41.2 Å². The van der Waals surface area contributed by atoms with E-state index in [0.29, 0.717) is 18.2 Å². The van der Waals surface area contributed by atoms with Crippen LogP contribution in [0.4, 0.5) is 4.79 Å². The van der Waals surface area contributed by atoms with Crippen LogP contribution >= 0.6 is 11.8 Å². The quantitative estimate of drug-likeness (QED) is 0.688. The van der Waals surface area contributed by atoms with Gasteiger partial charge in [-0.2, -0.15) is 11.8 Å². The van der Waals surface area contributed by atoms with E-state index in [4.69, 9.17) is 5.11 Å². The van der Waals surface area contributed by atoms with Crippen LogP contribution in [0, 0.1) is 5.92 Å². The Morgan fingerprint density at radius 2 is 2.17 bits per heavy atom. The third kappa shape index (κ3) is 5.16. The van der Waals surface area contributed by atoms with Gasteiger partial charge in [0.1, 0.15) is 0 Å². The molecular formula is C12H22N2O3S. The Morgan fingerprint density at radius 3 is 2.72 bits per heavy atom. The highest BCUT2D eigenvalue weighted by molar-refractivity contribution is 7.99. The Labute approximate surface area is 112 Å². The van der Waals surface area contributed by atoms with Crippen molar-refractivity contribution in [3.05, 3.63) is 0 Å². The molecule has 104 valence electrons. The molecule has 3 unspecified atom stereocenters. The van der Waals surface area contributed by atoms with Crippen molar-refractivity contribution in [1.82, 2.24) is 10.6 Å². The predicted octanol–water partition coefficient (Wildman–Crippen LogP) is 1.68. The van der Waals surface area contributed by atoms with Crippen molar-refractivity contribution in [1.29, 1.82) is 0 Å². The summed E-state index contributed by atoms with van der Waals surface area (Å²) in [5, 5.41) is 15.0. The molecule has 0 aromatic carbocycles. The number of carboxylic acids is 1. The van der Waals surface area contributed by atoms with Crippen LogP contribution in [0.1, 0.15) is 32.6 Å². The van der Waals surface area contributed by atoms with Crippen LogP contribution in [0.3, 0.4) is 0 Å². The molecule has 18 heavy (non-hydrogen) atoms. The number of carboxylic acid groups (broad SMARTS) is 1. The molecule has 0 spiro atoms. The molecule has 0 heterocycles. The second kappa shape index (κ2) is 7.51. The zero-order valence-corrected chi connectivity index (χ0v) is 11.8. The maximum atomic E-state index is 11.6. The SMILES string of the molecule is CSC1CCC(NC(=O)NCCC(C)C(=O)O)C1. The largest absolute Gasteiger partial charge is 0.481 e. The molecule has 1 aliphatic carbocycles. The molecular weight excluding hydrogens is 252 g/mol. The number of carbonyl (C=O) groups excluding carboxylic acids is 1. The third-order valence-electron chi connectivity index (χ3n) is 3.34. The van der Waals surface area contributed by atoms with E-state index in [1.165, 1.54) is 0 Å². The lowest BCUT2D eigenvalue weighted by Gasteiger charge is -2.14. The van der Waals surface area contributed by atoms with Gasteiger partial charge in [-0.1, -0.05) is 6.92 Å². The molecule has 3 N–H and O–H groups in total. The van der Waals surface area contributed by atoms with Gasteiger partial charge in [0.05, 0.1) is 5.92 Å². The average molecular weight is 274 g/mol. The molecule has 0 radical (unpaired) electrons. The number of hydrogen-bond acceptors (Lipinski definition) is 3. The Kier molecular flexibility index (Phi) is 6.32. The van der Waals surface area contributed by atoms with Crippen molar-refractivity contribution < 1.29 is 14.7 Å². The lowest BCUT2D eigenvalue weighted by Crippen LogP contribution is -2.41. The highest BCUT2D eigenvalue weighted by Gasteiger charge is 2.24. The number of aliphatic carboxylic acids is 1. The minimum absolute atomic E-state index is 0.181. The lowest BCUT2D eigenvalue weighted by atomic mass is 10.1. The monoisotopic (exact) mass is 274 g/mol. The minimum atomic E-state index is -0.823. The molecule has 0 aromatic rings. The second-order valence-electron chi connectivity index (χ2n) is 4.80. The molecule has 6 heteroatoms. The summed E-state index contributed by atoms with van der Waals surface area (Å²) in [6.45, 7) is 2.04.